The van der Waals surface area contributed by atoms with Crippen molar-refractivity contribution >= 4 is 0 Å². The maximum Gasteiger partial charge on any atom is 0.143 e. The average molecular weight is 312 g/mol. The summed E-state index contributed by atoms with van der Waals surface area (Å²) in [5.41, 5.74) is 4.14. The van der Waals surface area contributed by atoms with E-state index < -0.39 is 0 Å². The van der Waals surface area contributed by atoms with Crippen LogP contribution in [-0.2, 0) is 4.84 Å². The number of hydrogen-bond acceptors (Lipinski definition) is 2. The van der Waals surface area contributed by atoms with E-state index in [4.69, 9.17) is 4.84 Å². The molecule has 2 fully saturated rings. The van der Waals surface area contributed by atoms with E-state index in [0.717, 1.165) is 6.54 Å². The van der Waals surface area contributed by atoms with Gasteiger partial charge in [0.25, 0.3) is 0 Å². The lowest BCUT2D eigenvalue weighted by Gasteiger charge is -2.58. The lowest BCUT2D eigenvalue weighted by atomic mass is 9.80. The van der Waals surface area contributed by atoms with Crippen LogP contribution >= 0.6 is 0 Å². The fourth-order valence-electron chi connectivity index (χ4n) is 4.65. The number of hydroxylamine groups is 2. The Kier molecular flexibility index (Phi) is 5.95. The van der Waals surface area contributed by atoms with Crippen LogP contribution in [0.25, 0.3) is 0 Å². The van der Waals surface area contributed by atoms with Crippen molar-refractivity contribution in [2.75, 3.05) is 6.54 Å². The van der Waals surface area contributed by atoms with E-state index in [9.17, 15) is 0 Å². The third kappa shape index (κ3) is 3.52. The Balaban J connectivity index is 2.24. The summed E-state index contributed by atoms with van der Waals surface area (Å²) in [6.45, 7) is 12.9. The van der Waals surface area contributed by atoms with Gasteiger partial charge in [-0.1, -0.05) is 37.4 Å². The second-order valence-electron chi connectivity index (χ2n) is 8.71. The number of nitrogens with zero attached hydrogens (tertiary/aromatic N) is 1. The second kappa shape index (κ2) is 7.19. The van der Waals surface area contributed by atoms with E-state index in [1.807, 2.05) is 0 Å². The molecule has 0 bridgehead atoms. The topological polar surface area (TPSA) is 21.3 Å². The minimum atomic E-state index is 0.132. The van der Waals surface area contributed by atoms with E-state index in [-0.39, 0.29) is 11.1 Å². The van der Waals surface area contributed by atoms with Crippen molar-refractivity contribution in [3.63, 3.8) is 0 Å². The molecular weight excluding hydrogens is 272 g/mol. The molecule has 1 N–H and O–H groups in total. The number of rotatable bonds is 6. The first-order valence-corrected chi connectivity index (χ1v) is 9.67. The molecule has 0 aromatic rings. The Bertz CT molecular complexity index is 329. The molecule has 1 saturated heterocycles. The Hall–Kier alpha value is -0.120. The van der Waals surface area contributed by atoms with Crippen LogP contribution in [-0.4, -0.2) is 28.5 Å². The molecule has 2 rings (SSSR count). The average Bonchev–Trinajstić information content (AvgIpc) is 2.45. The molecule has 0 amide bonds. The predicted molar refractivity (Wildman–Crippen MR) is 93.1 cm³/mol. The Morgan fingerprint density at radius 2 is 1.55 bits per heavy atom. The third-order valence-electron chi connectivity index (χ3n) is 6.01. The zero-order valence-corrected chi connectivity index (χ0v) is 15.7. The second-order valence-corrected chi connectivity index (χ2v) is 8.71. The number of hydrogen-bond donors (Lipinski definition) is 1. The van der Waals surface area contributed by atoms with Crippen molar-refractivity contribution in [1.29, 1.82) is 0 Å². The van der Waals surface area contributed by atoms with Gasteiger partial charge in [0.05, 0.1) is 0 Å². The van der Waals surface area contributed by atoms with E-state index in [1.165, 1.54) is 64.2 Å². The quantitative estimate of drug-likeness (QED) is 0.543. The SMILES string of the molecule is CCCCN[N+]1(OC2CCCCC2)C(C)(C)CCCC1(C)C. The molecule has 1 aliphatic carbocycles. The van der Waals surface area contributed by atoms with Gasteiger partial charge < -0.3 is 0 Å². The number of unbranched alkanes of at least 4 members (excludes halogenated alkanes) is 1. The smallest absolute Gasteiger partial charge is 0.143 e. The fraction of sp³-hybridized carbons (Fsp3) is 1.00. The highest BCUT2D eigenvalue weighted by atomic mass is 16.8. The molecule has 1 saturated carbocycles. The van der Waals surface area contributed by atoms with Crippen molar-refractivity contribution in [2.45, 2.75) is 116 Å². The maximum atomic E-state index is 6.92. The van der Waals surface area contributed by atoms with Crippen molar-refractivity contribution in [3.05, 3.63) is 0 Å². The summed E-state index contributed by atoms with van der Waals surface area (Å²) in [5, 5.41) is 0. The van der Waals surface area contributed by atoms with Crippen LogP contribution in [0, 0.1) is 0 Å². The van der Waals surface area contributed by atoms with Crippen molar-refractivity contribution in [1.82, 2.24) is 5.43 Å². The summed E-state index contributed by atoms with van der Waals surface area (Å²) >= 11 is 0. The number of piperidine rings is 1. The van der Waals surface area contributed by atoms with Crippen LogP contribution in [0.1, 0.15) is 98.8 Å². The fourth-order valence-corrected chi connectivity index (χ4v) is 4.65. The standard InChI is InChI=1S/C19H39N2O/c1-6-7-16-20-21(22-17-12-9-8-10-13-17)18(2,3)14-11-15-19(21,4)5/h17,20H,6-16H2,1-5H3/q+1. The minimum Gasteiger partial charge on any atom is -0.178 e. The maximum absolute atomic E-state index is 6.92. The molecule has 3 nitrogen and oxygen atoms in total. The Morgan fingerprint density at radius 1 is 0.955 bits per heavy atom. The summed E-state index contributed by atoms with van der Waals surface area (Å²) in [6.07, 6.45) is 13.2. The monoisotopic (exact) mass is 311 g/mol. The molecule has 130 valence electrons. The van der Waals surface area contributed by atoms with Gasteiger partial charge >= 0.3 is 0 Å². The highest BCUT2D eigenvalue weighted by Crippen LogP contribution is 2.46. The summed E-state index contributed by atoms with van der Waals surface area (Å²) in [5.74, 6) is 0. The highest BCUT2D eigenvalue weighted by Gasteiger charge is 2.60. The first-order valence-electron chi connectivity index (χ1n) is 9.67. The first kappa shape index (κ1) is 18.2. The van der Waals surface area contributed by atoms with Gasteiger partial charge in [-0.25, -0.2) is 0 Å². The van der Waals surface area contributed by atoms with Crippen LogP contribution in [0.15, 0.2) is 0 Å². The number of nitrogens with one attached hydrogen (secondary N) is 1. The van der Waals surface area contributed by atoms with Gasteiger partial charge in [0.2, 0.25) is 0 Å². The predicted octanol–water partition coefficient (Wildman–Crippen LogP) is 5.11. The summed E-state index contributed by atoms with van der Waals surface area (Å²) in [4.78, 5) is 6.92. The van der Waals surface area contributed by atoms with E-state index in [2.05, 4.69) is 40.0 Å². The zero-order valence-electron chi connectivity index (χ0n) is 15.7. The van der Waals surface area contributed by atoms with E-state index in [0.29, 0.717) is 10.9 Å². The van der Waals surface area contributed by atoms with Gasteiger partial charge in [-0.2, -0.15) is 4.84 Å². The zero-order chi connectivity index (χ0) is 16.3. The summed E-state index contributed by atoms with van der Waals surface area (Å²) in [6, 6.07) is 0. The van der Waals surface area contributed by atoms with Gasteiger partial charge in [-0.05, 0) is 53.4 Å². The first-order chi connectivity index (χ1) is 10.3. The Morgan fingerprint density at radius 3 is 2.09 bits per heavy atom. The molecule has 1 aliphatic heterocycles. The lowest BCUT2D eigenvalue weighted by molar-refractivity contribution is -1.21. The van der Waals surface area contributed by atoms with Crippen molar-refractivity contribution in [2.24, 2.45) is 0 Å². The van der Waals surface area contributed by atoms with Crippen LogP contribution in [0.4, 0.5) is 0 Å². The van der Waals surface area contributed by atoms with Gasteiger partial charge in [-0.15, -0.1) is 5.43 Å². The van der Waals surface area contributed by atoms with Gasteiger partial charge in [0.1, 0.15) is 17.2 Å². The molecule has 2 aliphatic rings. The van der Waals surface area contributed by atoms with Crippen LogP contribution in [0.2, 0.25) is 0 Å². The van der Waals surface area contributed by atoms with Crippen LogP contribution in [0.3, 0.4) is 0 Å². The molecular formula is C19H39N2O+. The Labute approximate surface area is 138 Å². The molecule has 1 heterocycles. The van der Waals surface area contributed by atoms with Gasteiger partial charge in [0, 0.05) is 19.4 Å². The number of quaternary nitrogens is 1. The van der Waals surface area contributed by atoms with Crippen molar-refractivity contribution in [3.8, 4) is 0 Å². The molecule has 0 aromatic heterocycles. The third-order valence-corrected chi connectivity index (χ3v) is 6.01. The normalized spacial score (nSPS) is 27.7. The molecule has 0 unspecified atom stereocenters. The van der Waals surface area contributed by atoms with E-state index >= 15 is 0 Å². The van der Waals surface area contributed by atoms with Crippen LogP contribution < -0.4 is 5.43 Å². The molecule has 3 heteroatoms. The minimum absolute atomic E-state index is 0.132. The van der Waals surface area contributed by atoms with Crippen molar-refractivity contribution < 1.29 is 9.59 Å². The van der Waals surface area contributed by atoms with Crippen LogP contribution in [0.5, 0.6) is 0 Å². The van der Waals surface area contributed by atoms with Gasteiger partial charge in [0.15, 0.2) is 0 Å². The molecule has 0 aromatic carbocycles. The molecule has 22 heavy (non-hydrogen) atoms. The lowest BCUT2D eigenvalue weighted by Crippen LogP contribution is -2.79. The van der Waals surface area contributed by atoms with E-state index in [1.54, 1.807) is 0 Å². The molecule has 0 atom stereocenters. The molecule has 0 spiro atoms. The summed E-state index contributed by atoms with van der Waals surface area (Å²) < 4.78 is 0.657. The highest BCUT2D eigenvalue weighted by molar-refractivity contribution is 4.83. The summed E-state index contributed by atoms with van der Waals surface area (Å²) in [7, 11) is 0. The molecule has 0 radical (unpaired) electrons. The largest absolute Gasteiger partial charge is 0.178 e. The van der Waals surface area contributed by atoms with Gasteiger partial charge in [-0.3, -0.25) is 0 Å².